The van der Waals surface area contributed by atoms with Crippen molar-refractivity contribution in [1.29, 1.82) is 5.41 Å². The van der Waals surface area contributed by atoms with Gasteiger partial charge in [0.1, 0.15) is 0 Å². The molecule has 0 radical (unpaired) electrons. The number of hydrogen-bond acceptors (Lipinski definition) is 3. The number of aliphatic imine (C=N–C) groups is 1. The van der Waals surface area contributed by atoms with Crippen LogP contribution in [0.3, 0.4) is 0 Å². The van der Waals surface area contributed by atoms with Crippen LogP contribution in [0.1, 0.15) is 11.1 Å². The number of rotatable bonds is 4. The SMILES string of the molecule is C=Nc1cscc1C(=N)c1ccc(-c2ccccc2)cc1. The zero-order valence-electron chi connectivity index (χ0n) is 11.4. The molecular formula is C18H14N2S. The Morgan fingerprint density at radius 2 is 1.57 bits per heavy atom. The monoisotopic (exact) mass is 290 g/mol. The molecule has 2 nitrogen and oxygen atoms in total. The highest BCUT2D eigenvalue weighted by Gasteiger charge is 2.10. The fourth-order valence-electron chi connectivity index (χ4n) is 2.22. The molecule has 1 heterocycles. The first-order chi connectivity index (χ1) is 10.3. The van der Waals surface area contributed by atoms with E-state index in [1.165, 1.54) is 16.9 Å². The molecule has 0 saturated heterocycles. The Balaban J connectivity index is 1.91. The zero-order chi connectivity index (χ0) is 14.7. The molecule has 0 spiro atoms. The van der Waals surface area contributed by atoms with E-state index >= 15 is 0 Å². The molecule has 2 aromatic carbocycles. The van der Waals surface area contributed by atoms with E-state index in [1.54, 1.807) is 0 Å². The van der Waals surface area contributed by atoms with Crippen LogP contribution in [0.25, 0.3) is 11.1 Å². The maximum atomic E-state index is 8.33. The first kappa shape index (κ1) is 13.5. The van der Waals surface area contributed by atoms with Gasteiger partial charge in [0.2, 0.25) is 0 Å². The molecule has 3 aromatic rings. The van der Waals surface area contributed by atoms with Crippen molar-refractivity contribution in [1.82, 2.24) is 0 Å². The highest BCUT2D eigenvalue weighted by molar-refractivity contribution is 7.08. The molecule has 0 amide bonds. The van der Waals surface area contributed by atoms with Crippen LogP contribution in [-0.2, 0) is 0 Å². The molecule has 0 saturated carbocycles. The number of thiophene rings is 1. The Morgan fingerprint density at radius 3 is 2.24 bits per heavy atom. The Labute approximate surface area is 127 Å². The average molecular weight is 290 g/mol. The molecule has 0 aliphatic heterocycles. The van der Waals surface area contributed by atoms with Gasteiger partial charge in [0.05, 0.1) is 11.4 Å². The van der Waals surface area contributed by atoms with Gasteiger partial charge in [0, 0.05) is 21.9 Å². The van der Waals surface area contributed by atoms with Gasteiger partial charge in [-0.3, -0.25) is 10.4 Å². The van der Waals surface area contributed by atoms with E-state index in [2.05, 4.69) is 23.8 Å². The fourth-order valence-corrected chi connectivity index (χ4v) is 2.99. The average Bonchev–Trinajstić information content (AvgIpc) is 3.04. The molecule has 21 heavy (non-hydrogen) atoms. The van der Waals surface area contributed by atoms with Crippen molar-refractivity contribution in [2.75, 3.05) is 0 Å². The zero-order valence-corrected chi connectivity index (χ0v) is 12.2. The summed E-state index contributed by atoms with van der Waals surface area (Å²) in [6.07, 6.45) is 0. The van der Waals surface area contributed by atoms with Crippen LogP contribution < -0.4 is 0 Å². The lowest BCUT2D eigenvalue weighted by Gasteiger charge is -2.06. The highest BCUT2D eigenvalue weighted by atomic mass is 32.1. The first-order valence-electron chi connectivity index (χ1n) is 6.57. The minimum Gasteiger partial charge on any atom is -0.300 e. The van der Waals surface area contributed by atoms with Crippen LogP contribution in [0.15, 0.2) is 70.3 Å². The molecular weight excluding hydrogens is 276 g/mol. The lowest BCUT2D eigenvalue weighted by atomic mass is 10.00. The van der Waals surface area contributed by atoms with Crippen molar-refractivity contribution in [3.63, 3.8) is 0 Å². The summed E-state index contributed by atoms with van der Waals surface area (Å²) in [5.41, 5.74) is 5.31. The maximum Gasteiger partial charge on any atom is 0.0823 e. The van der Waals surface area contributed by atoms with Gasteiger partial charge in [0.15, 0.2) is 0 Å². The predicted molar refractivity (Wildman–Crippen MR) is 91.3 cm³/mol. The third-order valence-electron chi connectivity index (χ3n) is 3.36. The smallest absolute Gasteiger partial charge is 0.0823 e. The number of nitrogens with zero attached hydrogens (tertiary/aromatic N) is 1. The predicted octanol–water partition coefficient (Wildman–Crippen LogP) is 5.16. The summed E-state index contributed by atoms with van der Waals surface area (Å²) >= 11 is 1.54. The van der Waals surface area contributed by atoms with Gasteiger partial charge in [-0.05, 0) is 17.8 Å². The summed E-state index contributed by atoms with van der Waals surface area (Å²) in [5, 5.41) is 12.2. The van der Waals surface area contributed by atoms with Crippen molar-refractivity contribution in [3.05, 3.63) is 76.5 Å². The van der Waals surface area contributed by atoms with Crippen LogP contribution in [-0.4, -0.2) is 12.4 Å². The van der Waals surface area contributed by atoms with Gasteiger partial charge in [-0.2, -0.15) is 0 Å². The largest absolute Gasteiger partial charge is 0.300 e. The van der Waals surface area contributed by atoms with Crippen LogP contribution >= 0.6 is 11.3 Å². The molecule has 3 rings (SSSR count). The molecule has 0 fully saturated rings. The minimum absolute atomic E-state index is 0.485. The number of nitrogens with one attached hydrogen (secondary N) is 1. The van der Waals surface area contributed by atoms with Crippen LogP contribution in [0.4, 0.5) is 5.69 Å². The Kier molecular flexibility index (Phi) is 3.75. The standard InChI is InChI=1S/C18H14N2S/c1-20-17-12-21-11-16(17)18(19)15-9-7-14(8-10-15)13-5-3-2-4-6-13/h2-12,19H,1H2. The van der Waals surface area contributed by atoms with Crippen molar-refractivity contribution in [3.8, 4) is 11.1 Å². The third kappa shape index (κ3) is 2.69. The first-order valence-corrected chi connectivity index (χ1v) is 7.51. The van der Waals surface area contributed by atoms with Crippen LogP contribution in [0.2, 0.25) is 0 Å². The van der Waals surface area contributed by atoms with Crippen molar-refractivity contribution in [2.24, 2.45) is 4.99 Å². The third-order valence-corrected chi connectivity index (χ3v) is 4.09. The lowest BCUT2D eigenvalue weighted by molar-refractivity contribution is 1.46. The van der Waals surface area contributed by atoms with Gasteiger partial charge >= 0.3 is 0 Å². The van der Waals surface area contributed by atoms with E-state index < -0.39 is 0 Å². The topological polar surface area (TPSA) is 36.2 Å². The maximum absolute atomic E-state index is 8.33. The van der Waals surface area contributed by atoms with Gasteiger partial charge in [0.25, 0.3) is 0 Å². The second-order valence-corrected chi connectivity index (χ2v) is 5.39. The second kappa shape index (κ2) is 5.85. The Bertz CT molecular complexity index is 770. The lowest BCUT2D eigenvalue weighted by Crippen LogP contribution is -1.99. The van der Waals surface area contributed by atoms with E-state index in [9.17, 15) is 0 Å². The van der Waals surface area contributed by atoms with E-state index in [0.717, 1.165) is 22.4 Å². The molecule has 0 unspecified atom stereocenters. The second-order valence-electron chi connectivity index (χ2n) is 4.65. The highest BCUT2D eigenvalue weighted by Crippen LogP contribution is 2.27. The molecule has 102 valence electrons. The molecule has 1 N–H and O–H groups in total. The number of hydrogen-bond donors (Lipinski definition) is 1. The van der Waals surface area contributed by atoms with Crippen LogP contribution in [0.5, 0.6) is 0 Å². The van der Waals surface area contributed by atoms with Gasteiger partial charge in [-0.15, -0.1) is 11.3 Å². The summed E-state index contributed by atoms with van der Waals surface area (Å²) in [6.45, 7) is 3.55. The minimum atomic E-state index is 0.485. The van der Waals surface area contributed by atoms with Crippen LogP contribution in [0, 0.1) is 5.41 Å². The van der Waals surface area contributed by atoms with E-state index in [-0.39, 0.29) is 0 Å². The Morgan fingerprint density at radius 1 is 0.905 bits per heavy atom. The van der Waals surface area contributed by atoms with Crippen molar-refractivity contribution < 1.29 is 0 Å². The Hall–Kier alpha value is -2.52. The number of benzene rings is 2. The fraction of sp³-hybridized carbons (Fsp3) is 0. The van der Waals surface area contributed by atoms with Crippen molar-refractivity contribution >= 4 is 29.5 Å². The van der Waals surface area contributed by atoms with E-state index in [1.807, 2.05) is 53.2 Å². The molecule has 0 atom stereocenters. The van der Waals surface area contributed by atoms with Gasteiger partial charge in [-0.1, -0.05) is 54.6 Å². The molecule has 0 bridgehead atoms. The van der Waals surface area contributed by atoms with Crippen molar-refractivity contribution in [2.45, 2.75) is 0 Å². The summed E-state index contributed by atoms with van der Waals surface area (Å²) in [7, 11) is 0. The molecule has 0 aliphatic rings. The van der Waals surface area contributed by atoms with E-state index in [4.69, 9.17) is 5.41 Å². The normalized spacial score (nSPS) is 10.3. The van der Waals surface area contributed by atoms with Gasteiger partial charge in [-0.25, -0.2) is 0 Å². The van der Waals surface area contributed by atoms with Gasteiger partial charge < -0.3 is 0 Å². The summed E-state index contributed by atoms with van der Waals surface area (Å²) in [6, 6.07) is 18.3. The summed E-state index contributed by atoms with van der Waals surface area (Å²) in [5.74, 6) is 0. The quantitative estimate of drug-likeness (QED) is 0.644. The van der Waals surface area contributed by atoms with E-state index in [0.29, 0.717) is 5.71 Å². The molecule has 3 heteroatoms. The summed E-state index contributed by atoms with van der Waals surface area (Å²) < 4.78 is 0. The molecule has 0 aliphatic carbocycles. The summed E-state index contributed by atoms with van der Waals surface area (Å²) in [4.78, 5) is 3.96. The molecule has 1 aromatic heterocycles.